The van der Waals surface area contributed by atoms with Crippen LogP contribution >= 0.6 is 0 Å². The van der Waals surface area contributed by atoms with Crippen LogP contribution in [0.25, 0.3) is 0 Å². The summed E-state index contributed by atoms with van der Waals surface area (Å²) in [6.45, 7) is 18.5. The molecule has 0 aromatic heterocycles. The summed E-state index contributed by atoms with van der Waals surface area (Å²) in [6.07, 6.45) is 0. The van der Waals surface area contributed by atoms with Crippen molar-refractivity contribution in [3.05, 3.63) is 190 Å². The van der Waals surface area contributed by atoms with Gasteiger partial charge in [-0.1, -0.05) is 104 Å². The number of aryl methyl sites for hydroxylation is 8. The minimum atomic E-state index is -4.97. The first-order valence-electron chi connectivity index (χ1n) is 24.9. The van der Waals surface area contributed by atoms with Crippen LogP contribution in [0.3, 0.4) is 0 Å². The summed E-state index contributed by atoms with van der Waals surface area (Å²) in [4.78, 5) is -5.91. The Bertz CT molecular complexity index is 4840. The van der Waals surface area contributed by atoms with Crippen molar-refractivity contribution in [1.29, 1.82) is 0 Å². The fourth-order valence-corrected chi connectivity index (χ4v) is 14.2. The molecule has 1 unspecified atom stereocenters. The summed E-state index contributed by atoms with van der Waals surface area (Å²) in [5, 5.41) is 0. The Kier molecular flexibility index (Phi) is 33.0. The van der Waals surface area contributed by atoms with Gasteiger partial charge in [0, 0.05) is 6.07 Å². The lowest BCUT2D eigenvalue weighted by atomic mass is 10.1. The van der Waals surface area contributed by atoms with E-state index in [1.54, 1.807) is 45.0 Å². The minimum absolute atomic E-state index is 0.0277. The van der Waals surface area contributed by atoms with Gasteiger partial charge in [0.25, 0.3) is 20.2 Å². The summed E-state index contributed by atoms with van der Waals surface area (Å²) >= 11 is -2.79. The Morgan fingerprint density at radius 1 is 0.323 bits per heavy atom. The molecule has 0 aliphatic rings. The van der Waals surface area contributed by atoms with E-state index in [9.17, 15) is 116 Å². The molecule has 0 heterocycles. The molecular weight excluding hydrogens is 1440 g/mol. The molecule has 93 heavy (non-hydrogen) atoms. The molecular formula is C53H58O30S10-8. The van der Waals surface area contributed by atoms with Crippen LogP contribution < -0.4 is 4.18 Å². The second-order valence-corrected chi connectivity index (χ2v) is 31.1. The molecule has 0 aliphatic carbocycles. The molecule has 40 heteroatoms. The average Bonchev–Trinajstić information content (AvgIpc) is 0.819. The van der Waals surface area contributed by atoms with Crippen molar-refractivity contribution in [3.8, 4) is 5.75 Å². The number of benzene rings is 7. The van der Waals surface area contributed by atoms with Crippen molar-refractivity contribution in [2.45, 2.75) is 120 Å². The largest absolute Gasteiger partial charge is 0.744 e. The maximum absolute atomic E-state index is 10.8. The summed E-state index contributed by atoms with van der Waals surface area (Å²) in [7, 11) is -42.1. The van der Waals surface area contributed by atoms with Gasteiger partial charge in [-0.05, 0) is 156 Å². The molecule has 7 rings (SSSR count). The zero-order valence-electron chi connectivity index (χ0n) is 50.2. The van der Waals surface area contributed by atoms with Gasteiger partial charge in [-0.2, -0.15) is 16.8 Å². The maximum atomic E-state index is 10.8. The summed E-state index contributed by atoms with van der Waals surface area (Å²) in [6, 6.07) is 31.8. The minimum Gasteiger partial charge on any atom is -0.744 e. The van der Waals surface area contributed by atoms with Crippen LogP contribution in [0.1, 0.15) is 63.9 Å². The molecule has 0 saturated heterocycles. The third kappa shape index (κ3) is 31.2. The zero-order chi connectivity index (χ0) is 73.0. The van der Waals surface area contributed by atoms with Gasteiger partial charge in [-0.15, -0.1) is 0 Å². The molecule has 1 atom stereocenters. The topological polar surface area (TPSA) is 558 Å². The maximum Gasteiger partial charge on any atom is 0.295 e. The Morgan fingerprint density at radius 2 is 0.763 bits per heavy atom. The summed E-state index contributed by atoms with van der Waals surface area (Å²) in [5.74, 6) is -0.170. The van der Waals surface area contributed by atoms with Crippen molar-refractivity contribution >= 4 is 102 Å². The van der Waals surface area contributed by atoms with Crippen molar-refractivity contribution in [1.82, 2.24) is 0 Å². The molecule has 0 saturated carbocycles. The monoisotopic (exact) mass is 1490 g/mol. The number of rotatable bonds is 11. The first-order valence-corrected chi connectivity index (χ1v) is 38.7. The zero-order valence-corrected chi connectivity index (χ0v) is 58.4. The van der Waals surface area contributed by atoms with Gasteiger partial charge in [0.1, 0.15) is 92.8 Å². The van der Waals surface area contributed by atoms with Crippen LogP contribution in [0.2, 0.25) is 0 Å². The van der Waals surface area contributed by atoms with Crippen LogP contribution in [-0.4, -0.2) is 125 Å². The molecule has 0 bridgehead atoms. The lowest BCUT2D eigenvalue weighted by Crippen LogP contribution is -2.10. The van der Waals surface area contributed by atoms with Crippen molar-refractivity contribution < 1.29 is 130 Å². The van der Waals surface area contributed by atoms with Crippen LogP contribution in [-0.2, 0) is 102 Å². The van der Waals surface area contributed by atoms with E-state index in [1.165, 1.54) is 75.7 Å². The third-order valence-corrected chi connectivity index (χ3v) is 19.8. The van der Waals surface area contributed by atoms with Gasteiger partial charge in [0.2, 0.25) is 0 Å². The Hall–Kier alpha value is -6.36. The molecule has 518 valence electrons. The molecule has 0 spiro atoms. The van der Waals surface area contributed by atoms with E-state index in [0.29, 0.717) is 28.3 Å². The molecule has 0 radical (unpaired) electrons. The van der Waals surface area contributed by atoms with E-state index in [4.69, 9.17) is 9.11 Å². The van der Waals surface area contributed by atoms with Gasteiger partial charge in [0.15, 0.2) is 0 Å². The van der Waals surface area contributed by atoms with Crippen molar-refractivity contribution in [2.75, 3.05) is 0 Å². The molecule has 7 aromatic rings. The van der Waals surface area contributed by atoms with Gasteiger partial charge < -0.3 is 40.6 Å². The normalized spacial score (nSPS) is 12.1. The van der Waals surface area contributed by atoms with E-state index in [-0.39, 0.29) is 26.7 Å². The number of hydrogen-bond donors (Lipinski definition) is 2. The van der Waals surface area contributed by atoms with Gasteiger partial charge in [0.05, 0.1) is 39.2 Å². The van der Waals surface area contributed by atoms with E-state index < -0.39 is 137 Å². The predicted molar refractivity (Wildman–Crippen MR) is 324 cm³/mol. The molecule has 7 aromatic carbocycles. The summed E-state index contributed by atoms with van der Waals surface area (Å²) in [5.41, 5.74) is 5.01. The van der Waals surface area contributed by atoms with Gasteiger partial charge in [-0.3, -0.25) is 9.11 Å². The highest BCUT2D eigenvalue weighted by Gasteiger charge is 2.21. The van der Waals surface area contributed by atoms with Crippen molar-refractivity contribution in [2.24, 2.45) is 0 Å². The fraction of sp³-hybridized carbons (Fsp3) is 0.208. The van der Waals surface area contributed by atoms with E-state index in [0.717, 1.165) is 47.5 Å². The SMILES string of the molecule is CC.Cc1cc(OS(=O)[O-])cc(S(=O)(=O)O)c1.Cc1ccc(S(=O)(=O)[O-])c(C)c1.Cc1ccc(S(=O)(=O)[O-])c(S(=O)(=O)[O-])c1.Cc1ccc(S(=O)(=O)[O-])cc1S(=O)(=O)[O-].Cc1cccc(S(=O)(=O)O)c1S(=O)(=O)[O-].Cc1cccc(S(=O)(=O)[O-])c1C.Cc1ccccc1. The summed E-state index contributed by atoms with van der Waals surface area (Å²) < 4.78 is 309. The predicted octanol–water partition coefficient (Wildman–Crippen LogP) is 5.60. The average molecular weight is 1500 g/mol. The van der Waals surface area contributed by atoms with Crippen LogP contribution in [0.4, 0.5) is 0 Å². The highest BCUT2D eigenvalue weighted by Crippen LogP contribution is 2.26. The first kappa shape index (κ1) is 86.6. The smallest absolute Gasteiger partial charge is 0.295 e. The Balaban J connectivity index is 0.00000107. The lowest BCUT2D eigenvalue weighted by Gasteiger charge is -2.15. The third-order valence-electron chi connectivity index (χ3n) is 10.9. The number of hydrogen-bond acceptors (Lipinski definition) is 28. The second-order valence-electron chi connectivity index (χ2n) is 18.3. The van der Waals surface area contributed by atoms with Crippen LogP contribution in [0.5, 0.6) is 5.75 Å². The van der Waals surface area contributed by atoms with E-state index in [2.05, 4.69) is 23.2 Å². The molecule has 0 amide bonds. The Labute approximate surface area is 543 Å². The van der Waals surface area contributed by atoms with Gasteiger partial charge in [-0.25, -0.2) is 63.1 Å². The quantitative estimate of drug-likeness (QED) is 0.117. The highest BCUT2D eigenvalue weighted by atomic mass is 32.3. The van der Waals surface area contributed by atoms with E-state index >= 15 is 0 Å². The second kappa shape index (κ2) is 35.4. The molecule has 2 N–H and O–H groups in total. The first-order chi connectivity index (χ1) is 41.9. The standard InChI is InChI=1S/2C8H10O3S.4C7H8O6S2.C7H8.C2H6/c1-6-3-4-8(7(2)5-6)12(9,10)11;1-6-4-3-5-8(7(6)2)12(9,10)11;1-5-2-6(13-14(8)9)4-7(3-5)15(10,11)12;1-5-2-3-6(14(8,9)10)4-7(5)15(11,12)13;1-5-2-3-6(14(8,9)10)7(4-5)15(11,12)13;1-5-3-2-4-6(14(8,9)10)7(5)15(11,12)13;1-7-5-3-2-4-6-7;1-2/h2*3-5H,1-2H3,(H,9,10,11);2-4H,1H3,(H,8,9)(H,10,11,12);3*2-4H,1H3,(H,8,9,10)(H,11,12,13);2-6H,1H3;1-2H3/p-8. The molecule has 0 aliphatic heterocycles. The Morgan fingerprint density at radius 3 is 1.13 bits per heavy atom. The molecule has 30 nitrogen and oxygen atoms in total. The van der Waals surface area contributed by atoms with Crippen LogP contribution in [0, 0.1) is 62.3 Å². The lowest BCUT2D eigenvalue weighted by molar-refractivity contribution is 0.438. The van der Waals surface area contributed by atoms with Crippen LogP contribution in [0.15, 0.2) is 184 Å². The highest BCUT2D eigenvalue weighted by molar-refractivity contribution is 7.90. The van der Waals surface area contributed by atoms with Crippen molar-refractivity contribution in [3.63, 3.8) is 0 Å². The fourth-order valence-electron chi connectivity index (χ4n) is 6.77. The van der Waals surface area contributed by atoms with Gasteiger partial charge >= 0.3 is 0 Å². The molecule has 0 fully saturated rings. The van der Waals surface area contributed by atoms with E-state index in [1.807, 2.05) is 39.0 Å².